The van der Waals surface area contributed by atoms with Crippen molar-refractivity contribution in [2.75, 3.05) is 25.0 Å². The average molecular weight is 421 g/mol. The maximum Gasteiger partial charge on any atom is 0.261 e. The van der Waals surface area contributed by atoms with Gasteiger partial charge in [-0.1, -0.05) is 23.7 Å². The molecule has 3 aliphatic rings. The number of pyridine rings is 1. The molecule has 2 aromatic heterocycles. The SMILES string of the molecule is O=c1[nH]c2ccc(Cl)cc2c(N[C@@H]2C[NH+]3CCC2CC3)c1-c1nc2ccccc2[nH]1. The van der Waals surface area contributed by atoms with Crippen LogP contribution in [0.1, 0.15) is 12.8 Å². The molecule has 3 aliphatic heterocycles. The van der Waals surface area contributed by atoms with Gasteiger partial charge in [-0.2, -0.15) is 0 Å². The summed E-state index contributed by atoms with van der Waals surface area (Å²) in [6.07, 6.45) is 2.46. The van der Waals surface area contributed by atoms with Crippen molar-refractivity contribution in [2.45, 2.75) is 18.9 Å². The molecule has 4 aromatic rings. The van der Waals surface area contributed by atoms with E-state index in [-0.39, 0.29) is 5.56 Å². The number of quaternary nitrogens is 1. The molecule has 4 N–H and O–H groups in total. The molecule has 5 heterocycles. The summed E-state index contributed by atoms with van der Waals surface area (Å²) in [6, 6.07) is 13.8. The number of piperidine rings is 3. The van der Waals surface area contributed by atoms with Crippen molar-refractivity contribution in [3.05, 3.63) is 57.8 Å². The van der Waals surface area contributed by atoms with Gasteiger partial charge in [0.05, 0.1) is 47.9 Å². The van der Waals surface area contributed by atoms with Crippen molar-refractivity contribution in [2.24, 2.45) is 5.92 Å². The Balaban J connectivity index is 1.56. The fourth-order valence-electron chi connectivity index (χ4n) is 5.20. The van der Waals surface area contributed by atoms with E-state index in [0.717, 1.165) is 34.2 Å². The van der Waals surface area contributed by atoms with Gasteiger partial charge < -0.3 is 20.2 Å². The van der Waals surface area contributed by atoms with Crippen LogP contribution in [0.4, 0.5) is 5.69 Å². The minimum Gasteiger partial charge on any atom is -0.375 e. The largest absolute Gasteiger partial charge is 0.375 e. The number of H-pyrrole nitrogens is 2. The monoisotopic (exact) mass is 420 g/mol. The van der Waals surface area contributed by atoms with Crippen molar-refractivity contribution < 1.29 is 4.90 Å². The van der Waals surface area contributed by atoms with Crippen molar-refractivity contribution in [3.63, 3.8) is 0 Å². The molecule has 2 bridgehead atoms. The van der Waals surface area contributed by atoms with Crippen molar-refractivity contribution in [1.82, 2.24) is 15.0 Å². The highest BCUT2D eigenvalue weighted by molar-refractivity contribution is 6.31. The zero-order chi connectivity index (χ0) is 20.2. The highest BCUT2D eigenvalue weighted by Gasteiger charge is 2.38. The number of benzene rings is 2. The summed E-state index contributed by atoms with van der Waals surface area (Å²) < 4.78 is 0. The first-order valence-corrected chi connectivity index (χ1v) is 10.9. The number of nitrogens with zero attached hydrogens (tertiary/aromatic N) is 1. The smallest absolute Gasteiger partial charge is 0.261 e. The first-order valence-electron chi connectivity index (χ1n) is 10.6. The number of para-hydroxylation sites is 2. The Kier molecular flexibility index (Phi) is 4.11. The molecule has 0 radical (unpaired) electrons. The molecule has 0 unspecified atom stereocenters. The van der Waals surface area contributed by atoms with Gasteiger partial charge in [-0.05, 0) is 36.2 Å². The van der Waals surface area contributed by atoms with Crippen molar-refractivity contribution >= 4 is 39.2 Å². The summed E-state index contributed by atoms with van der Waals surface area (Å²) in [5, 5.41) is 5.34. The van der Waals surface area contributed by atoms with E-state index >= 15 is 0 Å². The molecule has 0 aliphatic carbocycles. The Bertz CT molecular complexity index is 1290. The van der Waals surface area contributed by atoms with E-state index < -0.39 is 0 Å². The van der Waals surface area contributed by atoms with E-state index in [9.17, 15) is 4.79 Å². The Morgan fingerprint density at radius 3 is 2.67 bits per heavy atom. The van der Waals surface area contributed by atoms with Crippen LogP contribution in [0.3, 0.4) is 0 Å². The van der Waals surface area contributed by atoms with Gasteiger partial charge in [0.15, 0.2) is 0 Å². The van der Waals surface area contributed by atoms with E-state index in [1.807, 2.05) is 42.5 Å². The second kappa shape index (κ2) is 6.86. The second-order valence-corrected chi connectivity index (χ2v) is 8.98. The Morgan fingerprint density at radius 1 is 1.07 bits per heavy atom. The first kappa shape index (κ1) is 18.0. The van der Waals surface area contributed by atoms with Gasteiger partial charge in [-0.15, -0.1) is 0 Å². The van der Waals surface area contributed by atoms with Crippen LogP contribution in [0.5, 0.6) is 0 Å². The molecule has 2 aromatic carbocycles. The molecule has 30 heavy (non-hydrogen) atoms. The normalized spacial score (nSPS) is 23.3. The van der Waals surface area contributed by atoms with Crippen LogP contribution in [0, 0.1) is 5.92 Å². The van der Waals surface area contributed by atoms with Crippen LogP contribution in [0.25, 0.3) is 33.3 Å². The van der Waals surface area contributed by atoms with Gasteiger partial charge in [-0.25, -0.2) is 4.98 Å². The minimum absolute atomic E-state index is 0.153. The lowest BCUT2D eigenvalue weighted by atomic mass is 9.83. The van der Waals surface area contributed by atoms with E-state index in [2.05, 4.69) is 15.3 Å². The van der Waals surface area contributed by atoms with Gasteiger partial charge in [0, 0.05) is 23.3 Å². The number of imidazole rings is 1. The average Bonchev–Trinajstić information content (AvgIpc) is 3.19. The standard InChI is InChI=1S/C23H22ClN5O/c24-14-5-6-16-15(11-14)21(25-19-12-29-9-7-13(19)8-10-29)20(23(30)28-16)22-26-17-3-1-2-4-18(17)27-22/h1-6,11,13,19H,7-10,12H2,(H,26,27)(H2,25,28,30)/p+1/t19-/m1/s1. The van der Waals surface area contributed by atoms with Gasteiger partial charge in [0.2, 0.25) is 0 Å². The maximum atomic E-state index is 13.2. The van der Waals surface area contributed by atoms with Gasteiger partial charge >= 0.3 is 0 Å². The summed E-state index contributed by atoms with van der Waals surface area (Å²) in [4.78, 5) is 25.9. The Hall–Kier alpha value is -2.83. The molecule has 7 heteroatoms. The van der Waals surface area contributed by atoms with Gasteiger partial charge in [0.25, 0.3) is 5.56 Å². The second-order valence-electron chi connectivity index (χ2n) is 8.54. The molecule has 3 fully saturated rings. The number of anilines is 1. The molecule has 0 spiro atoms. The molecule has 152 valence electrons. The predicted molar refractivity (Wildman–Crippen MR) is 120 cm³/mol. The summed E-state index contributed by atoms with van der Waals surface area (Å²) in [7, 11) is 0. The summed E-state index contributed by atoms with van der Waals surface area (Å²) in [5.41, 5.74) is 3.76. The number of rotatable bonds is 3. The van der Waals surface area contributed by atoms with E-state index in [4.69, 9.17) is 16.6 Å². The zero-order valence-corrected chi connectivity index (χ0v) is 17.2. The third-order valence-corrected chi connectivity index (χ3v) is 6.98. The van der Waals surface area contributed by atoms with E-state index in [1.54, 1.807) is 4.90 Å². The Morgan fingerprint density at radius 2 is 1.90 bits per heavy atom. The third-order valence-electron chi connectivity index (χ3n) is 6.75. The molecule has 6 nitrogen and oxygen atoms in total. The molecule has 7 rings (SSSR count). The predicted octanol–water partition coefficient (Wildman–Crippen LogP) is 2.81. The topological polar surface area (TPSA) is 78.0 Å². The number of nitrogens with one attached hydrogen (secondary N) is 4. The van der Waals surface area contributed by atoms with Crippen LogP contribution in [0.15, 0.2) is 47.3 Å². The first-order chi connectivity index (χ1) is 14.7. The van der Waals surface area contributed by atoms with E-state index in [0.29, 0.717) is 28.4 Å². The quantitative estimate of drug-likeness (QED) is 0.411. The van der Waals surface area contributed by atoms with Crippen molar-refractivity contribution in [1.29, 1.82) is 0 Å². The summed E-state index contributed by atoms with van der Waals surface area (Å²) >= 11 is 6.35. The number of aromatic nitrogens is 3. The van der Waals surface area contributed by atoms with Crippen LogP contribution >= 0.6 is 11.6 Å². The Labute approximate surface area is 178 Å². The molecule has 1 atom stereocenters. The van der Waals surface area contributed by atoms with Crippen LogP contribution < -0.4 is 15.8 Å². The van der Waals surface area contributed by atoms with Crippen LogP contribution in [0.2, 0.25) is 5.02 Å². The lowest BCUT2D eigenvalue weighted by molar-refractivity contribution is -0.916. The highest BCUT2D eigenvalue weighted by atomic mass is 35.5. The highest BCUT2D eigenvalue weighted by Crippen LogP contribution is 2.34. The fourth-order valence-corrected chi connectivity index (χ4v) is 5.37. The molecule has 0 amide bonds. The lowest BCUT2D eigenvalue weighted by Gasteiger charge is -2.42. The lowest BCUT2D eigenvalue weighted by Crippen LogP contribution is -3.16. The number of hydrogen-bond acceptors (Lipinski definition) is 3. The maximum absolute atomic E-state index is 13.2. The van der Waals surface area contributed by atoms with Gasteiger partial charge in [0.1, 0.15) is 11.4 Å². The molecular formula is C23H23ClN5O+. The van der Waals surface area contributed by atoms with Crippen LogP contribution in [-0.4, -0.2) is 40.6 Å². The molecule has 3 saturated heterocycles. The van der Waals surface area contributed by atoms with Crippen molar-refractivity contribution in [3.8, 4) is 11.4 Å². The fraction of sp³-hybridized carbons (Fsp3) is 0.304. The van der Waals surface area contributed by atoms with Gasteiger partial charge in [-0.3, -0.25) is 4.79 Å². The number of hydrogen-bond donors (Lipinski definition) is 4. The minimum atomic E-state index is -0.153. The number of halogens is 1. The number of aromatic amines is 2. The molecular weight excluding hydrogens is 398 g/mol. The summed E-state index contributed by atoms with van der Waals surface area (Å²) in [6.45, 7) is 3.58. The number of fused-ring (bicyclic) bond motifs is 5. The zero-order valence-electron chi connectivity index (χ0n) is 16.5. The molecule has 0 saturated carbocycles. The van der Waals surface area contributed by atoms with E-state index in [1.165, 1.54) is 25.9 Å². The third kappa shape index (κ3) is 2.90. The summed E-state index contributed by atoms with van der Waals surface area (Å²) in [5.74, 6) is 1.22. The van der Waals surface area contributed by atoms with Crippen LogP contribution in [-0.2, 0) is 0 Å².